The first-order valence-electron chi connectivity index (χ1n) is 10.3. The maximum atomic E-state index is 13.6. The first-order chi connectivity index (χ1) is 16.1. The third-order valence-electron chi connectivity index (χ3n) is 5.57. The maximum absolute atomic E-state index is 13.6. The van der Waals surface area contributed by atoms with E-state index in [1.165, 1.54) is 6.07 Å². The fourth-order valence-electron chi connectivity index (χ4n) is 3.87. The summed E-state index contributed by atoms with van der Waals surface area (Å²) in [7, 11) is 3.99. The lowest BCUT2D eigenvalue weighted by Crippen LogP contribution is -2.08. The summed E-state index contributed by atoms with van der Waals surface area (Å²) in [6.07, 6.45) is 5.39. The molecule has 0 radical (unpaired) electrons. The van der Waals surface area contributed by atoms with Crippen molar-refractivity contribution in [2.24, 2.45) is 0 Å². The minimum Gasteiger partial charge on any atom is -0.376 e. The first kappa shape index (κ1) is 19.6. The Bertz CT molecular complexity index is 1630. The average molecular weight is 456 g/mol. The van der Waals surface area contributed by atoms with Gasteiger partial charge in [-0.25, -0.2) is 4.98 Å². The molecule has 2 N–H and O–H groups in total. The van der Waals surface area contributed by atoms with Crippen molar-refractivity contribution in [3.8, 4) is 33.2 Å². The second kappa shape index (κ2) is 7.49. The van der Waals surface area contributed by atoms with Crippen LogP contribution in [0.4, 0.5) is 10.1 Å². The highest BCUT2D eigenvalue weighted by molar-refractivity contribution is 7.13. The molecule has 6 rings (SSSR count). The molecule has 0 unspecified atom stereocenters. The third-order valence-corrected chi connectivity index (χ3v) is 6.45. The number of imidazole rings is 1. The Labute approximate surface area is 192 Å². The predicted molar refractivity (Wildman–Crippen MR) is 130 cm³/mol. The fourth-order valence-corrected chi connectivity index (χ4v) is 4.60. The molecule has 0 aliphatic heterocycles. The lowest BCUT2D eigenvalue weighted by Gasteiger charge is -2.13. The number of rotatable bonds is 4. The summed E-state index contributed by atoms with van der Waals surface area (Å²) in [6.45, 7) is 0. The van der Waals surface area contributed by atoms with Crippen molar-refractivity contribution in [1.29, 1.82) is 0 Å². The van der Waals surface area contributed by atoms with Gasteiger partial charge in [0.05, 0.1) is 27.8 Å². The number of nitrogens with zero attached hydrogens (tertiary/aromatic N) is 5. The largest absolute Gasteiger partial charge is 0.376 e. The van der Waals surface area contributed by atoms with Crippen LogP contribution in [0, 0.1) is 5.13 Å². The molecule has 162 valence electrons. The minimum atomic E-state index is -0.252. The molecule has 0 saturated heterocycles. The summed E-state index contributed by atoms with van der Waals surface area (Å²) < 4.78 is 13.6. The number of H-pyrrole nitrogens is 2. The number of benzene rings is 1. The number of hydrogen-bond acceptors (Lipinski definition) is 6. The van der Waals surface area contributed by atoms with Crippen LogP contribution in [0.15, 0.2) is 61.1 Å². The van der Waals surface area contributed by atoms with E-state index in [0.29, 0.717) is 22.7 Å². The Balaban J connectivity index is 1.48. The predicted octanol–water partition coefficient (Wildman–Crippen LogP) is 5.50. The molecule has 0 bridgehead atoms. The van der Waals surface area contributed by atoms with Gasteiger partial charge in [-0.05, 0) is 42.0 Å². The lowest BCUT2D eigenvalue weighted by atomic mass is 10.0. The van der Waals surface area contributed by atoms with Crippen LogP contribution in [-0.4, -0.2) is 44.2 Å². The van der Waals surface area contributed by atoms with Crippen LogP contribution in [0.3, 0.4) is 0 Å². The standard InChI is InChI=1S/C24H18FN7S/c1-32(2)15-9-14(11-26-12-15)13-3-4-17-16(10-13)21(31-30-17)24-28-18-7-8-27-23(22(18)29-24)19-5-6-20(25)33-19/h3-12H,1-2H3,(H,28,29)(H,30,31). The zero-order chi connectivity index (χ0) is 22.5. The molecule has 1 aromatic carbocycles. The SMILES string of the molecule is CN(C)c1cncc(-c2ccc3[nH]nc(-c4nc5c(-c6ccc(F)s6)nccc5[nH]4)c3c2)c1. The quantitative estimate of drug-likeness (QED) is 0.367. The highest BCUT2D eigenvalue weighted by Crippen LogP contribution is 2.34. The van der Waals surface area contributed by atoms with Crippen LogP contribution in [0.25, 0.3) is 55.2 Å². The number of pyridine rings is 2. The van der Waals surface area contributed by atoms with Gasteiger partial charge in [-0.2, -0.15) is 9.49 Å². The van der Waals surface area contributed by atoms with E-state index in [-0.39, 0.29) is 5.13 Å². The number of thiophene rings is 1. The van der Waals surface area contributed by atoms with Crippen molar-refractivity contribution in [3.05, 3.63) is 66.2 Å². The summed E-state index contributed by atoms with van der Waals surface area (Å²) in [5.74, 6) is 0.625. The van der Waals surface area contributed by atoms with Crippen LogP contribution < -0.4 is 4.90 Å². The average Bonchev–Trinajstić information content (AvgIpc) is 3.55. The number of aromatic amines is 2. The zero-order valence-corrected chi connectivity index (χ0v) is 18.6. The van der Waals surface area contributed by atoms with Gasteiger partial charge in [-0.15, -0.1) is 11.3 Å². The molecule has 0 amide bonds. The minimum absolute atomic E-state index is 0.252. The second-order valence-corrected chi connectivity index (χ2v) is 8.94. The van der Waals surface area contributed by atoms with Gasteiger partial charge >= 0.3 is 0 Å². The van der Waals surface area contributed by atoms with Crippen LogP contribution in [0.1, 0.15) is 0 Å². The van der Waals surface area contributed by atoms with Crippen LogP contribution >= 0.6 is 11.3 Å². The number of hydrogen-bond donors (Lipinski definition) is 2. The number of aromatic nitrogens is 6. The molecule has 5 heterocycles. The molecule has 0 aliphatic carbocycles. The van der Waals surface area contributed by atoms with Crippen molar-refractivity contribution >= 4 is 39.0 Å². The summed E-state index contributed by atoms with van der Waals surface area (Å²) in [6, 6.07) is 13.3. The Kier molecular flexibility index (Phi) is 4.44. The molecular formula is C24H18FN7S. The van der Waals surface area contributed by atoms with Crippen molar-refractivity contribution in [2.75, 3.05) is 19.0 Å². The molecule has 0 atom stereocenters. The maximum Gasteiger partial charge on any atom is 0.177 e. The van der Waals surface area contributed by atoms with Crippen molar-refractivity contribution in [2.45, 2.75) is 0 Å². The van der Waals surface area contributed by atoms with E-state index < -0.39 is 0 Å². The van der Waals surface area contributed by atoms with Crippen LogP contribution in [0.5, 0.6) is 0 Å². The monoisotopic (exact) mass is 455 g/mol. The lowest BCUT2D eigenvalue weighted by molar-refractivity contribution is 0.657. The van der Waals surface area contributed by atoms with E-state index in [2.05, 4.69) is 37.3 Å². The number of halogens is 1. The van der Waals surface area contributed by atoms with Crippen molar-refractivity contribution in [1.82, 2.24) is 30.1 Å². The van der Waals surface area contributed by atoms with Crippen LogP contribution in [0.2, 0.25) is 0 Å². The van der Waals surface area contributed by atoms with E-state index >= 15 is 0 Å². The van der Waals surface area contributed by atoms with Crippen LogP contribution in [-0.2, 0) is 0 Å². The highest BCUT2D eigenvalue weighted by Gasteiger charge is 2.17. The molecule has 0 saturated carbocycles. The topological polar surface area (TPSA) is 86.4 Å². The van der Waals surface area contributed by atoms with Crippen molar-refractivity contribution in [3.63, 3.8) is 0 Å². The molecule has 0 spiro atoms. The van der Waals surface area contributed by atoms with E-state index in [0.717, 1.165) is 49.4 Å². The molecule has 33 heavy (non-hydrogen) atoms. The van der Waals surface area contributed by atoms with Gasteiger partial charge in [-0.3, -0.25) is 15.1 Å². The highest BCUT2D eigenvalue weighted by atomic mass is 32.1. The van der Waals surface area contributed by atoms with E-state index in [9.17, 15) is 4.39 Å². The third kappa shape index (κ3) is 3.33. The van der Waals surface area contributed by atoms with Crippen molar-refractivity contribution < 1.29 is 4.39 Å². The van der Waals surface area contributed by atoms with Gasteiger partial charge in [0.25, 0.3) is 0 Å². The van der Waals surface area contributed by atoms with Gasteiger partial charge in [0.2, 0.25) is 0 Å². The summed E-state index contributed by atoms with van der Waals surface area (Å²) in [5.41, 5.74) is 6.86. The molecule has 0 aliphatic rings. The number of anilines is 1. The summed E-state index contributed by atoms with van der Waals surface area (Å²) in [4.78, 5) is 19.7. The fraction of sp³-hybridized carbons (Fsp3) is 0.0833. The van der Waals surface area contributed by atoms with Gasteiger partial charge < -0.3 is 9.88 Å². The smallest absolute Gasteiger partial charge is 0.177 e. The van der Waals surface area contributed by atoms with E-state index in [4.69, 9.17) is 4.98 Å². The molecule has 7 nitrogen and oxygen atoms in total. The number of fused-ring (bicyclic) bond motifs is 2. The molecule has 5 aromatic heterocycles. The Morgan fingerprint density at radius 1 is 0.939 bits per heavy atom. The summed E-state index contributed by atoms with van der Waals surface area (Å²) in [5, 5.41) is 8.31. The first-order valence-corrected chi connectivity index (χ1v) is 11.1. The number of nitrogens with one attached hydrogen (secondary N) is 2. The Hall–Kier alpha value is -4.11. The molecule has 0 fully saturated rings. The Morgan fingerprint density at radius 3 is 2.67 bits per heavy atom. The summed E-state index contributed by atoms with van der Waals surface area (Å²) >= 11 is 1.05. The Morgan fingerprint density at radius 2 is 1.85 bits per heavy atom. The van der Waals surface area contributed by atoms with E-state index in [1.54, 1.807) is 12.3 Å². The van der Waals surface area contributed by atoms with E-state index in [1.807, 2.05) is 49.6 Å². The molecule has 6 aromatic rings. The van der Waals surface area contributed by atoms with Gasteiger partial charge in [-0.1, -0.05) is 6.07 Å². The second-order valence-electron chi connectivity index (χ2n) is 7.90. The van der Waals surface area contributed by atoms with Gasteiger partial charge in [0.15, 0.2) is 11.0 Å². The van der Waals surface area contributed by atoms with Gasteiger partial charge in [0.1, 0.15) is 16.9 Å². The molecular weight excluding hydrogens is 437 g/mol. The normalized spacial score (nSPS) is 11.5. The van der Waals surface area contributed by atoms with Gasteiger partial charge in [0, 0.05) is 37.4 Å². The molecule has 9 heteroatoms. The zero-order valence-electron chi connectivity index (χ0n) is 17.8.